The van der Waals surface area contributed by atoms with E-state index in [0.29, 0.717) is 17.4 Å². The fourth-order valence-electron chi connectivity index (χ4n) is 4.08. The summed E-state index contributed by atoms with van der Waals surface area (Å²) in [6.45, 7) is 8.49. The first kappa shape index (κ1) is 24.4. The second kappa shape index (κ2) is 10.6. The Morgan fingerprint density at radius 2 is 1.58 bits per heavy atom. The average molecular weight is 453 g/mol. The van der Waals surface area contributed by atoms with E-state index in [1.165, 1.54) is 0 Å². The maximum atomic E-state index is 13.0. The molecular weight excluding hydrogens is 416 g/mol. The molecule has 0 saturated heterocycles. The Morgan fingerprint density at radius 3 is 2.09 bits per heavy atom. The molecule has 33 heavy (non-hydrogen) atoms. The van der Waals surface area contributed by atoms with E-state index in [4.69, 9.17) is 14.0 Å². The van der Waals surface area contributed by atoms with Crippen molar-refractivity contribution < 1.29 is 20.2 Å². The van der Waals surface area contributed by atoms with Gasteiger partial charge in [0.25, 0.3) is 0 Å². The van der Waals surface area contributed by atoms with Gasteiger partial charge in [0, 0.05) is 12.5 Å². The Labute approximate surface area is 197 Å². The molecule has 1 heterocycles. The van der Waals surface area contributed by atoms with Gasteiger partial charge in [-0.15, -0.1) is 0 Å². The Bertz CT molecular complexity index is 1060. The van der Waals surface area contributed by atoms with E-state index < -0.39 is 0 Å². The van der Waals surface area contributed by atoms with Gasteiger partial charge in [-0.1, -0.05) is 37.6 Å². The molecule has 3 aromatic rings. The van der Waals surface area contributed by atoms with E-state index >= 15 is 0 Å². The van der Waals surface area contributed by atoms with Gasteiger partial charge in [0.15, 0.2) is 5.76 Å². The quantitative estimate of drug-likeness (QED) is 0.400. The summed E-state index contributed by atoms with van der Waals surface area (Å²) >= 11 is 0. The van der Waals surface area contributed by atoms with E-state index in [1.807, 2.05) is 48.5 Å². The number of hydrogen-bond donors (Lipinski definition) is 1. The van der Waals surface area contributed by atoms with Gasteiger partial charge in [-0.25, -0.2) is 0 Å². The first-order chi connectivity index (χ1) is 15.8. The molecule has 3 rings (SSSR count). The van der Waals surface area contributed by atoms with Crippen LogP contribution in [0.5, 0.6) is 11.5 Å². The second-order valence-corrected chi connectivity index (χ2v) is 9.11. The van der Waals surface area contributed by atoms with Gasteiger partial charge < -0.3 is 19.3 Å². The van der Waals surface area contributed by atoms with Crippen LogP contribution >= 0.6 is 0 Å². The van der Waals surface area contributed by atoms with Crippen molar-refractivity contribution in [3.8, 4) is 33.9 Å². The number of carbonyl (C=O) groups is 1. The first-order valence-electron chi connectivity index (χ1n) is 11.3. The van der Waals surface area contributed by atoms with Crippen molar-refractivity contribution in [2.45, 2.75) is 52.5 Å². The highest BCUT2D eigenvalue weighted by molar-refractivity contribution is 5.87. The summed E-state index contributed by atoms with van der Waals surface area (Å²) in [5.41, 5.74) is 2.98. The molecule has 1 N–H and O–H groups in total. The Hall–Kier alpha value is -3.28. The van der Waals surface area contributed by atoms with Gasteiger partial charge in [-0.05, 0) is 68.1 Å². The zero-order valence-electron chi connectivity index (χ0n) is 20.4. The van der Waals surface area contributed by atoms with E-state index in [1.54, 1.807) is 14.2 Å². The van der Waals surface area contributed by atoms with Crippen molar-refractivity contribution in [2.24, 2.45) is 5.92 Å². The molecule has 0 saturated carbocycles. The fraction of sp³-hybridized carbons (Fsp3) is 0.407. The topological polar surface area (TPSA) is 73.6 Å². The number of amides is 1. The van der Waals surface area contributed by atoms with Crippen molar-refractivity contribution in [1.82, 2.24) is 10.5 Å². The van der Waals surface area contributed by atoms with Crippen LogP contribution in [0.3, 0.4) is 0 Å². The predicted octanol–water partition coefficient (Wildman–Crippen LogP) is 6.15. The van der Waals surface area contributed by atoms with E-state index in [9.17, 15) is 4.79 Å². The molecule has 0 aliphatic rings. The average Bonchev–Trinajstić information content (AvgIpc) is 3.21. The molecule has 2 aromatic carbocycles. The van der Waals surface area contributed by atoms with Crippen LogP contribution in [0.25, 0.3) is 22.4 Å². The molecular formula is C27H36N2O4. The molecule has 0 radical (unpaired) electrons. The van der Waals surface area contributed by atoms with Crippen LogP contribution in [-0.4, -0.2) is 30.8 Å². The highest BCUT2D eigenvalue weighted by Crippen LogP contribution is 2.36. The zero-order valence-corrected chi connectivity index (χ0v) is 20.4. The SMILES string of the molecule is CCC(C)CC(C)(C)NC(=O)Cc1onc(-c2ccc(OC)cc2)c1-c1ccc(OC)cc1.[HH]. The molecule has 6 heteroatoms. The molecule has 0 fully saturated rings. The maximum Gasteiger partial charge on any atom is 0.228 e. The standard InChI is InChI=1S/C27H34N2O4.H2/c1-7-18(2)17-27(3,4)28-24(30)16-23-25(19-8-12-21(31-5)13-9-19)26(29-33-23)20-10-14-22(32-6)15-11-20;/h8-15,18H,7,16-17H2,1-6H3,(H,28,30);1H. The lowest BCUT2D eigenvalue weighted by atomic mass is 9.90. The number of rotatable bonds is 10. The normalized spacial score (nSPS) is 12.3. The second-order valence-electron chi connectivity index (χ2n) is 9.11. The van der Waals surface area contributed by atoms with Gasteiger partial charge in [-0.2, -0.15) is 0 Å². The van der Waals surface area contributed by atoms with Crippen molar-refractivity contribution in [3.63, 3.8) is 0 Å². The number of carbonyl (C=O) groups excluding carboxylic acids is 1. The summed E-state index contributed by atoms with van der Waals surface area (Å²) in [6, 6.07) is 15.3. The smallest absolute Gasteiger partial charge is 0.228 e. The largest absolute Gasteiger partial charge is 0.497 e. The van der Waals surface area contributed by atoms with Gasteiger partial charge in [0.05, 0.1) is 26.2 Å². The van der Waals surface area contributed by atoms with Crippen molar-refractivity contribution in [2.75, 3.05) is 14.2 Å². The molecule has 178 valence electrons. The fourth-order valence-corrected chi connectivity index (χ4v) is 4.08. The lowest BCUT2D eigenvalue weighted by Gasteiger charge is -2.29. The molecule has 0 bridgehead atoms. The number of benzene rings is 2. The molecule has 0 aliphatic carbocycles. The minimum atomic E-state index is -0.300. The summed E-state index contributed by atoms with van der Waals surface area (Å²) < 4.78 is 16.3. The number of hydrogen-bond acceptors (Lipinski definition) is 5. The number of nitrogens with zero attached hydrogens (tertiary/aromatic N) is 1. The van der Waals surface area contributed by atoms with Crippen LogP contribution in [0, 0.1) is 5.92 Å². The molecule has 1 amide bonds. The number of aromatic nitrogens is 1. The lowest BCUT2D eigenvalue weighted by Crippen LogP contribution is -2.45. The first-order valence-corrected chi connectivity index (χ1v) is 11.3. The van der Waals surface area contributed by atoms with Crippen LogP contribution in [-0.2, 0) is 11.2 Å². The minimum absolute atomic E-state index is 0. The summed E-state index contributed by atoms with van der Waals surface area (Å²) in [4.78, 5) is 13.0. The van der Waals surface area contributed by atoms with Crippen LogP contribution in [0.1, 0.15) is 47.7 Å². The predicted molar refractivity (Wildman–Crippen MR) is 133 cm³/mol. The summed E-state index contributed by atoms with van der Waals surface area (Å²) in [5, 5.41) is 7.51. The third-order valence-corrected chi connectivity index (χ3v) is 5.86. The number of nitrogens with one attached hydrogen (secondary N) is 1. The van der Waals surface area contributed by atoms with Crippen LogP contribution < -0.4 is 14.8 Å². The Balaban J connectivity index is 0.00000408. The number of methoxy groups -OCH3 is 2. The van der Waals surface area contributed by atoms with Gasteiger partial charge in [-0.3, -0.25) is 4.79 Å². The molecule has 1 atom stereocenters. The maximum absolute atomic E-state index is 13.0. The van der Waals surface area contributed by atoms with E-state index in [-0.39, 0.29) is 19.3 Å². The Morgan fingerprint density at radius 1 is 1.03 bits per heavy atom. The van der Waals surface area contributed by atoms with Crippen LogP contribution in [0.4, 0.5) is 0 Å². The van der Waals surface area contributed by atoms with Gasteiger partial charge in [0.2, 0.25) is 5.91 Å². The van der Waals surface area contributed by atoms with E-state index in [2.05, 4.69) is 38.2 Å². The van der Waals surface area contributed by atoms with Crippen molar-refractivity contribution in [1.29, 1.82) is 0 Å². The van der Waals surface area contributed by atoms with Gasteiger partial charge >= 0.3 is 0 Å². The summed E-state index contributed by atoms with van der Waals surface area (Å²) in [5.74, 6) is 2.49. The molecule has 6 nitrogen and oxygen atoms in total. The summed E-state index contributed by atoms with van der Waals surface area (Å²) in [7, 11) is 3.27. The van der Waals surface area contributed by atoms with Crippen LogP contribution in [0.2, 0.25) is 0 Å². The zero-order chi connectivity index (χ0) is 24.0. The molecule has 0 aliphatic heterocycles. The van der Waals surface area contributed by atoms with Gasteiger partial charge in [0.1, 0.15) is 17.2 Å². The van der Waals surface area contributed by atoms with E-state index in [0.717, 1.165) is 41.0 Å². The highest BCUT2D eigenvalue weighted by atomic mass is 16.5. The minimum Gasteiger partial charge on any atom is -0.497 e. The third-order valence-electron chi connectivity index (χ3n) is 5.86. The van der Waals surface area contributed by atoms with Crippen LogP contribution in [0.15, 0.2) is 53.1 Å². The number of ether oxygens (including phenoxy) is 2. The highest BCUT2D eigenvalue weighted by Gasteiger charge is 2.26. The monoisotopic (exact) mass is 452 g/mol. The van der Waals surface area contributed by atoms with Crippen molar-refractivity contribution >= 4 is 5.91 Å². The lowest BCUT2D eigenvalue weighted by molar-refractivity contribution is -0.122. The molecule has 0 spiro atoms. The third kappa shape index (κ3) is 6.15. The molecule has 1 unspecified atom stereocenters. The Kier molecular flexibility index (Phi) is 7.79. The summed E-state index contributed by atoms with van der Waals surface area (Å²) in [6.07, 6.45) is 2.09. The van der Waals surface area contributed by atoms with Crippen molar-refractivity contribution in [3.05, 3.63) is 54.3 Å². The molecule has 1 aromatic heterocycles.